The van der Waals surface area contributed by atoms with Gasteiger partial charge in [-0.3, -0.25) is 15.2 Å². The van der Waals surface area contributed by atoms with Gasteiger partial charge in [0, 0.05) is 39.1 Å². The number of carboxylic acids is 1. The number of aromatic nitrogens is 1. The highest BCUT2D eigenvalue weighted by atomic mass is 79.9. The van der Waals surface area contributed by atoms with E-state index in [9.17, 15) is 14.7 Å². The number of pyridine rings is 1. The highest BCUT2D eigenvalue weighted by Gasteiger charge is 2.32. The van der Waals surface area contributed by atoms with Gasteiger partial charge in [-0.1, -0.05) is 58.4 Å². The van der Waals surface area contributed by atoms with Gasteiger partial charge in [0.05, 0.1) is 24.4 Å². The Bertz CT molecular complexity index is 1570. The van der Waals surface area contributed by atoms with E-state index in [2.05, 4.69) is 39.6 Å². The molecule has 8 heteroatoms. The molecule has 0 spiro atoms. The van der Waals surface area contributed by atoms with Crippen LogP contribution in [0.25, 0.3) is 27.7 Å². The van der Waals surface area contributed by atoms with Gasteiger partial charge in [-0.25, -0.2) is 5.01 Å². The minimum Gasteiger partial charge on any atom is -0.550 e. The van der Waals surface area contributed by atoms with Gasteiger partial charge >= 0.3 is 0 Å². The highest BCUT2D eigenvalue weighted by molar-refractivity contribution is 9.10. The lowest BCUT2D eigenvalue weighted by Crippen LogP contribution is -2.39. The number of benzene rings is 3. The van der Waals surface area contributed by atoms with Gasteiger partial charge in [0.25, 0.3) is 0 Å². The summed E-state index contributed by atoms with van der Waals surface area (Å²) >= 11 is 3.61. The summed E-state index contributed by atoms with van der Waals surface area (Å²) in [7, 11) is 1.61. The number of halogens is 1. The van der Waals surface area contributed by atoms with Crippen molar-refractivity contribution in [3.63, 3.8) is 0 Å². The van der Waals surface area contributed by atoms with Crippen molar-refractivity contribution < 1.29 is 19.4 Å². The van der Waals surface area contributed by atoms with Crippen LogP contribution in [-0.2, 0) is 9.59 Å². The van der Waals surface area contributed by atoms with Crippen LogP contribution in [0.15, 0.2) is 83.3 Å². The number of carbonyl (C=O) groups excluding carboxylic acids is 2. The maximum atomic E-state index is 13.4. The SMILES string of the molecule is COc1ccc([C@@H]2C=C(c3c(C)nc4ccc(Br)cc4c3-c3ccccc3)NN2C(=O)CCCC(=O)[O-])cc1. The fourth-order valence-electron chi connectivity index (χ4n) is 4.97. The molecule has 5 rings (SSSR count). The molecule has 2 heterocycles. The molecule has 198 valence electrons. The first-order valence-electron chi connectivity index (χ1n) is 12.7. The van der Waals surface area contributed by atoms with E-state index in [-0.39, 0.29) is 25.2 Å². The van der Waals surface area contributed by atoms with E-state index in [0.29, 0.717) is 5.75 Å². The van der Waals surface area contributed by atoms with E-state index < -0.39 is 12.0 Å². The van der Waals surface area contributed by atoms with Gasteiger partial charge in [-0.2, -0.15) is 0 Å². The molecule has 0 aliphatic carbocycles. The number of hydrazine groups is 1. The van der Waals surface area contributed by atoms with E-state index in [1.807, 2.05) is 67.6 Å². The van der Waals surface area contributed by atoms with Crippen molar-refractivity contribution in [1.82, 2.24) is 15.4 Å². The zero-order valence-electron chi connectivity index (χ0n) is 21.6. The zero-order valence-corrected chi connectivity index (χ0v) is 23.2. The number of aryl methyl sites for hydroxylation is 1. The topological polar surface area (TPSA) is 94.6 Å². The van der Waals surface area contributed by atoms with Crippen LogP contribution in [0.5, 0.6) is 5.75 Å². The number of hydrogen-bond donors (Lipinski definition) is 1. The van der Waals surface area contributed by atoms with Crippen molar-refractivity contribution in [2.24, 2.45) is 0 Å². The van der Waals surface area contributed by atoms with Crippen molar-refractivity contribution >= 4 is 44.4 Å². The van der Waals surface area contributed by atoms with E-state index >= 15 is 0 Å². The van der Waals surface area contributed by atoms with Gasteiger partial charge in [0.15, 0.2) is 0 Å². The van der Waals surface area contributed by atoms with Gasteiger partial charge in [0.1, 0.15) is 5.75 Å². The number of aliphatic carboxylic acids is 1. The van der Waals surface area contributed by atoms with Crippen LogP contribution in [0, 0.1) is 6.92 Å². The monoisotopic (exact) mass is 584 g/mol. The summed E-state index contributed by atoms with van der Waals surface area (Å²) in [4.78, 5) is 29.2. The van der Waals surface area contributed by atoms with E-state index in [1.54, 1.807) is 12.1 Å². The maximum Gasteiger partial charge on any atom is 0.241 e. The molecule has 1 aromatic heterocycles. The molecule has 1 aliphatic rings. The predicted octanol–water partition coefficient (Wildman–Crippen LogP) is 5.33. The Balaban J connectivity index is 1.64. The number of nitrogens with zero attached hydrogens (tertiary/aromatic N) is 2. The Labute approximate surface area is 235 Å². The van der Waals surface area contributed by atoms with Gasteiger partial charge in [0.2, 0.25) is 5.91 Å². The third-order valence-electron chi connectivity index (χ3n) is 6.80. The van der Waals surface area contributed by atoms with Crippen molar-refractivity contribution in [2.45, 2.75) is 32.2 Å². The molecule has 0 saturated carbocycles. The summed E-state index contributed by atoms with van der Waals surface area (Å²) in [5.74, 6) is -0.662. The third-order valence-corrected chi connectivity index (χ3v) is 7.29. The molecular weight excluding hydrogens is 558 g/mol. The van der Waals surface area contributed by atoms with Crippen LogP contribution >= 0.6 is 15.9 Å². The number of ether oxygens (including phenoxy) is 1. The Morgan fingerprint density at radius 1 is 1.03 bits per heavy atom. The first-order valence-corrected chi connectivity index (χ1v) is 13.4. The molecule has 0 radical (unpaired) electrons. The molecular formula is C31H27BrN3O4-. The lowest BCUT2D eigenvalue weighted by atomic mass is 9.92. The minimum absolute atomic E-state index is 0.0716. The number of amides is 1. The normalized spacial score (nSPS) is 14.7. The van der Waals surface area contributed by atoms with E-state index in [4.69, 9.17) is 9.72 Å². The maximum absolute atomic E-state index is 13.4. The van der Waals surface area contributed by atoms with Gasteiger partial charge in [-0.05, 0) is 67.3 Å². The van der Waals surface area contributed by atoms with Crippen molar-refractivity contribution in [1.29, 1.82) is 0 Å². The molecule has 4 aromatic rings. The number of carboxylic acid groups (broad SMARTS) is 1. The Kier molecular flexibility index (Phi) is 7.65. The third kappa shape index (κ3) is 5.52. The summed E-state index contributed by atoms with van der Waals surface area (Å²) in [6.45, 7) is 1.97. The second-order valence-electron chi connectivity index (χ2n) is 9.37. The fourth-order valence-corrected chi connectivity index (χ4v) is 5.33. The lowest BCUT2D eigenvalue weighted by Gasteiger charge is -2.26. The smallest absolute Gasteiger partial charge is 0.241 e. The predicted molar refractivity (Wildman–Crippen MR) is 152 cm³/mol. The fraction of sp³-hybridized carbons (Fsp3) is 0.194. The molecule has 1 aliphatic heterocycles. The van der Waals surface area contributed by atoms with Crippen molar-refractivity contribution in [3.8, 4) is 16.9 Å². The Morgan fingerprint density at radius 3 is 2.46 bits per heavy atom. The first kappa shape index (κ1) is 26.4. The van der Waals surface area contributed by atoms with Gasteiger partial charge < -0.3 is 14.6 Å². The van der Waals surface area contributed by atoms with E-state index in [0.717, 1.165) is 49.0 Å². The molecule has 0 bridgehead atoms. The molecule has 0 saturated heterocycles. The van der Waals surface area contributed by atoms with Gasteiger partial charge in [-0.15, -0.1) is 0 Å². The highest BCUT2D eigenvalue weighted by Crippen LogP contribution is 2.41. The number of hydrogen-bond acceptors (Lipinski definition) is 6. The number of methoxy groups -OCH3 is 1. The summed E-state index contributed by atoms with van der Waals surface area (Å²) in [5, 5.41) is 13.5. The second-order valence-corrected chi connectivity index (χ2v) is 10.3. The molecule has 1 amide bonds. The Hall–Kier alpha value is -4.17. The van der Waals surface area contributed by atoms with Crippen LogP contribution in [0.2, 0.25) is 0 Å². The second kappa shape index (κ2) is 11.3. The zero-order chi connectivity index (χ0) is 27.5. The number of nitrogens with one attached hydrogen (secondary N) is 1. The summed E-state index contributed by atoms with van der Waals surface area (Å²) in [5.41, 5.74) is 9.64. The van der Waals surface area contributed by atoms with E-state index in [1.165, 1.54) is 0 Å². The lowest BCUT2D eigenvalue weighted by molar-refractivity contribution is -0.305. The largest absolute Gasteiger partial charge is 0.550 e. The molecule has 3 aromatic carbocycles. The quantitative estimate of drug-likeness (QED) is 0.301. The molecule has 0 unspecified atom stereocenters. The summed E-state index contributed by atoms with van der Waals surface area (Å²) in [6, 6.07) is 23.3. The summed E-state index contributed by atoms with van der Waals surface area (Å²) in [6.07, 6.45) is 2.12. The first-order chi connectivity index (χ1) is 18.9. The van der Waals surface area contributed by atoms with Crippen molar-refractivity contribution in [2.75, 3.05) is 7.11 Å². The molecule has 0 fully saturated rings. The number of fused-ring (bicyclic) bond motifs is 1. The standard InChI is InChI=1S/C31H28BrN3O4/c1-19-30(31(21-7-4-3-5-8-21)24-17-22(32)13-16-25(24)33-19)26-18-27(20-11-14-23(39-2)15-12-20)35(34-26)28(36)9-6-10-29(37)38/h3-5,7-8,11-18,27,34H,6,9-10H2,1-2H3,(H,37,38)/p-1/t27-/m0/s1. The number of rotatable bonds is 8. The average Bonchev–Trinajstić information content (AvgIpc) is 3.38. The van der Waals surface area contributed by atoms with Crippen LogP contribution in [0.1, 0.15) is 42.1 Å². The molecule has 1 N–H and O–H groups in total. The minimum atomic E-state index is -1.17. The Morgan fingerprint density at radius 2 is 1.77 bits per heavy atom. The van der Waals surface area contributed by atoms with Crippen molar-refractivity contribution in [3.05, 3.63) is 100 Å². The van der Waals surface area contributed by atoms with Crippen LogP contribution in [-0.4, -0.2) is 29.0 Å². The molecule has 1 atom stereocenters. The average molecular weight is 585 g/mol. The number of carbonyl (C=O) groups is 2. The van der Waals surface area contributed by atoms with Crippen LogP contribution in [0.3, 0.4) is 0 Å². The molecule has 7 nitrogen and oxygen atoms in total. The molecule has 39 heavy (non-hydrogen) atoms. The van der Waals surface area contributed by atoms with Crippen LogP contribution in [0.4, 0.5) is 0 Å². The van der Waals surface area contributed by atoms with Crippen LogP contribution < -0.4 is 15.3 Å². The summed E-state index contributed by atoms with van der Waals surface area (Å²) < 4.78 is 6.26.